The fourth-order valence-electron chi connectivity index (χ4n) is 7.18. The Kier molecular flexibility index (Phi) is 11.1. The van der Waals surface area contributed by atoms with Crippen LogP contribution in [0.5, 0.6) is 0 Å². The lowest BCUT2D eigenvalue weighted by Gasteiger charge is -2.40. The zero-order chi connectivity index (χ0) is 23.5. The standard InChI is InChI=1S/C30H51NO2/c1-3-5-6-7-8-20-30(23-31)21-18-26(19-22-30)25-14-16-28(17-15-25)33-29(32)27-12-10-24(9-4-2)11-13-27/h24-28H,3-22H2,1-2H3. The smallest absolute Gasteiger partial charge is 0.309 e. The molecule has 0 heterocycles. The largest absolute Gasteiger partial charge is 0.462 e. The molecule has 3 aliphatic carbocycles. The molecule has 0 atom stereocenters. The van der Waals surface area contributed by atoms with E-state index in [4.69, 9.17) is 4.74 Å². The number of ether oxygens (including phenoxy) is 1. The number of hydrogen-bond acceptors (Lipinski definition) is 3. The van der Waals surface area contributed by atoms with Crippen molar-refractivity contribution >= 4 is 5.97 Å². The van der Waals surface area contributed by atoms with Crippen LogP contribution < -0.4 is 0 Å². The summed E-state index contributed by atoms with van der Waals surface area (Å²) in [5, 5.41) is 9.91. The van der Waals surface area contributed by atoms with Crippen LogP contribution in [0, 0.1) is 40.4 Å². The lowest BCUT2D eigenvalue weighted by atomic mass is 9.64. The molecule has 0 unspecified atom stereocenters. The molecule has 188 valence electrons. The first-order valence-corrected chi connectivity index (χ1v) is 14.7. The van der Waals surface area contributed by atoms with Gasteiger partial charge >= 0.3 is 5.97 Å². The predicted molar refractivity (Wildman–Crippen MR) is 136 cm³/mol. The molecule has 0 aromatic heterocycles. The first-order chi connectivity index (χ1) is 16.1. The second kappa shape index (κ2) is 13.7. The number of nitrogens with zero attached hydrogens (tertiary/aromatic N) is 1. The SMILES string of the molecule is CCCCCCCC1(C#N)CCC(C2CCC(OC(=O)C3CCC(CCC)CC3)CC2)CC1. The molecule has 0 N–H and O–H groups in total. The van der Waals surface area contributed by atoms with Crippen molar-refractivity contribution < 1.29 is 9.53 Å². The summed E-state index contributed by atoms with van der Waals surface area (Å²) in [6.45, 7) is 4.52. The molecule has 0 aromatic carbocycles. The molecule has 0 amide bonds. The molecule has 3 heteroatoms. The molecule has 0 saturated heterocycles. The molecule has 3 rings (SSSR count). The lowest BCUT2D eigenvalue weighted by Crippen LogP contribution is -2.34. The van der Waals surface area contributed by atoms with Crippen LogP contribution in [0.2, 0.25) is 0 Å². The molecule has 0 aliphatic heterocycles. The van der Waals surface area contributed by atoms with E-state index in [0.717, 1.165) is 62.7 Å². The number of hydrogen-bond donors (Lipinski definition) is 0. The molecule has 0 radical (unpaired) electrons. The Bertz CT molecular complexity index is 599. The van der Waals surface area contributed by atoms with Gasteiger partial charge in [0.15, 0.2) is 0 Å². The van der Waals surface area contributed by atoms with Gasteiger partial charge in [0, 0.05) is 0 Å². The molecule has 0 aromatic rings. The maximum Gasteiger partial charge on any atom is 0.309 e. The summed E-state index contributed by atoms with van der Waals surface area (Å²) in [5.74, 6) is 2.67. The van der Waals surface area contributed by atoms with E-state index in [0.29, 0.717) is 0 Å². The van der Waals surface area contributed by atoms with Crippen molar-refractivity contribution in [1.82, 2.24) is 0 Å². The molecule has 33 heavy (non-hydrogen) atoms. The van der Waals surface area contributed by atoms with Crippen molar-refractivity contribution in [2.24, 2.45) is 29.1 Å². The van der Waals surface area contributed by atoms with Gasteiger partial charge in [-0.15, -0.1) is 0 Å². The summed E-state index contributed by atoms with van der Waals surface area (Å²) in [6, 6.07) is 2.74. The van der Waals surface area contributed by atoms with Gasteiger partial charge in [0.2, 0.25) is 0 Å². The van der Waals surface area contributed by atoms with Gasteiger partial charge in [-0.05, 0) is 101 Å². The lowest BCUT2D eigenvalue weighted by molar-refractivity contribution is -0.157. The highest BCUT2D eigenvalue weighted by molar-refractivity contribution is 5.72. The monoisotopic (exact) mass is 457 g/mol. The highest BCUT2D eigenvalue weighted by Crippen LogP contribution is 2.47. The molecule has 0 spiro atoms. The Labute approximate surface area is 204 Å². The van der Waals surface area contributed by atoms with Crippen LogP contribution in [-0.4, -0.2) is 12.1 Å². The van der Waals surface area contributed by atoms with Gasteiger partial charge in [0.05, 0.1) is 17.4 Å². The van der Waals surface area contributed by atoms with Crippen molar-refractivity contribution in [3.05, 3.63) is 0 Å². The number of carbonyl (C=O) groups is 1. The third-order valence-corrected chi connectivity index (χ3v) is 9.53. The first-order valence-electron chi connectivity index (χ1n) is 14.7. The van der Waals surface area contributed by atoms with E-state index in [1.165, 1.54) is 83.5 Å². The quantitative estimate of drug-likeness (QED) is 0.230. The summed E-state index contributed by atoms with van der Waals surface area (Å²) in [5.41, 5.74) is -0.0361. The van der Waals surface area contributed by atoms with E-state index in [-0.39, 0.29) is 23.4 Å². The summed E-state index contributed by atoms with van der Waals surface area (Å²) in [4.78, 5) is 12.7. The Morgan fingerprint density at radius 1 is 0.818 bits per heavy atom. The van der Waals surface area contributed by atoms with Crippen LogP contribution in [0.3, 0.4) is 0 Å². The number of esters is 1. The highest BCUT2D eigenvalue weighted by atomic mass is 16.5. The summed E-state index contributed by atoms with van der Waals surface area (Å²) >= 11 is 0. The number of unbranched alkanes of at least 4 members (excludes halogenated alkanes) is 4. The van der Waals surface area contributed by atoms with Gasteiger partial charge in [-0.3, -0.25) is 4.79 Å². The average Bonchev–Trinajstić information content (AvgIpc) is 2.85. The summed E-state index contributed by atoms with van der Waals surface area (Å²) in [7, 11) is 0. The van der Waals surface area contributed by atoms with Crippen molar-refractivity contribution in [1.29, 1.82) is 5.26 Å². The van der Waals surface area contributed by atoms with E-state index in [1.807, 2.05) is 0 Å². The Morgan fingerprint density at radius 3 is 2.06 bits per heavy atom. The van der Waals surface area contributed by atoms with Crippen LogP contribution in [0.25, 0.3) is 0 Å². The summed E-state index contributed by atoms with van der Waals surface area (Å²) in [6.07, 6.45) is 24.1. The second-order valence-electron chi connectivity index (χ2n) is 11.9. The average molecular weight is 458 g/mol. The maximum absolute atomic E-state index is 12.7. The van der Waals surface area contributed by atoms with Crippen molar-refractivity contribution in [3.8, 4) is 6.07 Å². The van der Waals surface area contributed by atoms with Crippen LogP contribution in [0.1, 0.15) is 142 Å². The van der Waals surface area contributed by atoms with E-state index in [2.05, 4.69) is 19.9 Å². The Balaban J connectivity index is 1.33. The van der Waals surface area contributed by atoms with Crippen LogP contribution in [0.4, 0.5) is 0 Å². The molecule has 3 saturated carbocycles. The zero-order valence-electron chi connectivity index (χ0n) is 21.8. The van der Waals surface area contributed by atoms with Gasteiger partial charge in [0.25, 0.3) is 0 Å². The number of carbonyl (C=O) groups excluding carboxylic acids is 1. The molecule has 3 aliphatic rings. The van der Waals surface area contributed by atoms with E-state index >= 15 is 0 Å². The molecule has 3 nitrogen and oxygen atoms in total. The van der Waals surface area contributed by atoms with Crippen LogP contribution >= 0.6 is 0 Å². The third-order valence-electron chi connectivity index (χ3n) is 9.53. The predicted octanol–water partition coefficient (Wildman–Crippen LogP) is 8.76. The second-order valence-corrected chi connectivity index (χ2v) is 11.9. The van der Waals surface area contributed by atoms with Gasteiger partial charge < -0.3 is 4.74 Å². The van der Waals surface area contributed by atoms with Crippen molar-refractivity contribution in [2.75, 3.05) is 0 Å². The van der Waals surface area contributed by atoms with Gasteiger partial charge in [0.1, 0.15) is 6.10 Å². The highest BCUT2D eigenvalue weighted by Gasteiger charge is 2.39. The molecule has 3 fully saturated rings. The fourth-order valence-corrected chi connectivity index (χ4v) is 7.18. The third kappa shape index (κ3) is 8.00. The minimum atomic E-state index is -0.0361. The van der Waals surface area contributed by atoms with E-state index in [9.17, 15) is 10.1 Å². The minimum Gasteiger partial charge on any atom is -0.462 e. The minimum absolute atomic E-state index is 0.0361. The zero-order valence-corrected chi connectivity index (χ0v) is 21.8. The number of nitriles is 1. The Morgan fingerprint density at radius 2 is 1.45 bits per heavy atom. The van der Waals surface area contributed by atoms with E-state index < -0.39 is 0 Å². The first kappa shape index (κ1) is 26.6. The fraction of sp³-hybridized carbons (Fsp3) is 0.933. The topological polar surface area (TPSA) is 50.1 Å². The van der Waals surface area contributed by atoms with Gasteiger partial charge in [-0.2, -0.15) is 5.26 Å². The van der Waals surface area contributed by atoms with Crippen LogP contribution in [-0.2, 0) is 9.53 Å². The van der Waals surface area contributed by atoms with Crippen LogP contribution in [0.15, 0.2) is 0 Å². The van der Waals surface area contributed by atoms with Crippen molar-refractivity contribution in [3.63, 3.8) is 0 Å². The molecular weight excluding hydrogens is 406 g/mol. The summed E-state index contributed by atoms with van der Waals surface area (Å²) < 4.78 is 6.00. The molecular formula is C30H51NO2. The van der Waals surface area contributed by atoms with Gasteiger partial charge in [-0.1, -0.05) is 58.8 Å². The van der Waals surface area contributed by atoms with Gasteiger partial charge in [-0.25, -0.2) is 0 Å². The number of rotatable bonds is 11. The maximum atomic E-state index is 12.7. The Hall–Kier alpha value is -1.04. The normalized spacial score (nSPS) is 35.0. The van der Waals surface area contributed by atoms with E-state index in [1.54, 1.807) is 0 Å². The van der Waals surface area contributed by atoms with Crippen molar-refractivity contribution in [2.45, 2.75) is 148 Å². The molecule has 0 bridgehead atoms.